The second-order valence-corrected chi connectivity index (χ2v) is 6.23. The molecule has 1 amide bonds. The molecule has 1 unspecified atom stereocenters. The molecule has 1 aromatic carbocycles. The Hall–Kier alpha value is -2.00. The highest BCUT2D eigenvalue weighted by atomic mass is 31.1. The molecule has 1 aliphatic rings. The third kappa shape index (κ3) is 2.63. The lowest BCUT2D eigenvalue weighted by Crippen LogP contribution is -2.59. The Balaban J connectivity index is 2.14. The van der Waals surface area contributed by atoms with E-state index in [-0.39, 0.29) is 0 Å². The molecule has 1 saturated heterocycles. The zero-order valence-electron chi connectivity index (χ0n) is 10.7. The van der Waals surface area contributed by atoms with Crippen LogP contribution in [0.4, 0.5) is 5.69 Å². The number of nitrogens with one attached hydrogen (secondary N) is 1. The zero-order valence-corrected chi connectivity index (χ0v) is 11.6. The molecule has 2 rings (SSSR count). The number of carbonyl (C=O) groups is 1. The van der Waals surface area contributed by atoms with Gasteiger partial charge in [0.15, 0.2) is 0 Å². The van der Waals surface area contributed by atoms with Gasteiger partial charge in [-0.2, -0.15) is 10.3 Å². The lowest BCUT2D eigenvalue weighted by molar-refractivity contribution is -0.136. The lowest BCUT2D eigenvalue weighted by atomic mass is 10.1. The summed E-state index contributed by atoms with van der Waals surface area (Å²) in [6.07, 6.45) is 0.923. The van der Waals surface area contributed by atoms with E-state index in [1.807, 2.05) is 6.07 Å². The number of hydrogen-bond donors (Lipinski definition) is 3. The van der Waals surface area contributed by atoms with E-state index < -0.39 is 19.1 Å². The lowest BCUT2D eigenvalue weighted by Gasteiger charge is -2.29. The molecule has 1 fully saturated rings. The van der Waals surface area contributed by atoms with Crippen molar-refractivity contribution in [1.82, 2.24) is 5.01 Å². The van der Waals surface area contributed by atoms with E-state index in [0.29, 0.717) is 30.6 Å². The standard InChI is InChI=1S/C12H15N5O2P/c13-8-9-2-4-10(5-3-9)16-20(19)12(14)6-1-7-17(15)11(12)18/h2-5H,1,6-7,14-15H2,(H,16,19)/q+1/t12-/m0/s1. The summed E-state index contributed by atoms with van der Waals surface area (Å²) in [5.74, 6) is 5.01. The Morgan fingerprint density at radius 3 is 2.65 bits per heavy atom. The molecule has 0 aliphatic carbocycles. The fourth-order valence-corrected chi connectivity index (χ4v) is 3.25. The average Bonchev–Trinajstić information content (AvgIpc) is 2.45. The number of hydrazine groups is 1. The van der Waals surface area contributed by atoms with E-state index in [4.69, 9.17) is 16.8 Å². The van der Waals surface area contributed by atoms with Gasteiger partial charge in [-0.1, -0.05) is 0 Å². The molecule has 0 radical (unpaired) electrons. The van der Waals surface area contributed by atoms with Gasteiger partial charge in [-0.3, -0.25) is 15.5 Å². The maximum atomic E-state index is 12.3. The normalized spacial score (nSPS) is 23.1. The summed E-state index contributed by atoms with van der Waals surface area (Å²) in [4.78, 5) is 12.0. The van der Waals surface area contributed by atoms with Crippen LogP contribution in [0.25, 0.3) is 0 Å². The molecule has 0 aromatic heterocycles. The van der Waals surface area contributed by atoms with Gasteiger partial charge in [0.05, 0.1) is 17.3 Å². The number of nitriles is 1. The van der Waals surface area contributed by atoms with Crippen LogP contribution in [0.5, 0.6) is 0 Å². The van der Waals surface area contributed by atoms with Gasteiger partial charge in [0.1, 0.15) is 0 Å². The van der Waals surface area contributed by atoms with Gasteiger partial charge in [-0.05, 0) is 35.3 Å². The molecule has 104 valence electrons. The summed E-state index contributed by atoms with van der Waals surface area (Å²) in [6.45, 7) is 0.415. The number of nitrogens with two attached hydrogens (primary N) is 2. The Labute approximate surface area is 117 Å². The Bertz CT molecular complexity index is 583. The second-order valence-electron chi connectivity index (χ2n) is 4.62. The van der Waals surface area contributed by atoms with Crippen molar-refractivity contribution in [3.05, 3.63) is 29.8 Å². The largest absolute Gasteiger partial charge is 0.492 e. The Kier molecular flexibility index (Phi) is 4.00. The van der Waals surface area contributed by atoms with Crippen LogP contribution in [0.2, 0.25) is 0 Å². The fraction of sp³-hybridized carbons (Fsp3) is 0.333. The maximum Gasteiger partial charge on any atom is 0.492 e. The Morgan fingerprint density at radius 1 is 1.40 bits per heavy atom. The van der Waals surface area contributed by atoms with E-state index in [2.05, 4.69) is 5.09 Å². The fourth-order valence-electron chi connectivity index (χ4n) is 2.00. The molecule has 1 aromatic rings. The summed E-state index contributed by atoms with van der Waals surface area (Å²) >= 11 is 0. The van der Waals surface area contributed by atoms with Gasteiger partial charge in [0.25, 0.3) is 0 Å². The first-order valence-corrected chi connectivity index (χ1v) is 7.33. The van der Waals surface area contributed by atoms with Crippen LogP contribution in [-0.4, -0.2) is 22.7 Å². The van der Waals surface area contributed by atoms with E-state index in [0.717, 1.165) is 5.01 Å². The van der Waals surface area contributed by atoms with E-state index in [1.54, 1.807) is 24.3 Å². The number of amides is 1. The van der Waals surface area contributed by atoms with Crippen molar-refractivity contribution in [1.29, 1.82) is 5.26 Å². The minimum atomic E-state index is -2.21. The van der Waals surface area contributed by atoms with Crippen molar-refractivity contribution >= 4 is 19.5 Å². The number of anilines is 1. The van der Waals surface area contributed by atoms with Crippen molar-refractivity contribution in [2.24, 2.45) is 11.6 Å². The predicted molar refractivity (Wildman–Crippen MR) is 74.4 cm³/mol. The van der Waals surface area contributed by atoms with Crippen LogP contribution in [-0.2, 0) is 9.36 Å². The molecule has 0 bridgehead atoms. The molecule has 0 spiro atoms. The first-order valence-electron chi connectivity index (χ1n) is 6.07. The number of piperidine rings is 1. The first kappa shape index (κ1) is 14.4. The summed E-state index contributed by atoms with van der Waals surface area (Å²) in [5.41, 5.74) is 7.00. The third-order valence-corrected chi connectivity index (χ3v) is 4.80. The van der Waals surface area contributed by atoms with Gasteiger partial charge >= 0.3 is 19.1 Å². The molecule has 5 N–H and O–H groups in total. The highest BCUT2D eigenvalue weighted by Crippen LogP contribution is 2.41. The summed E-state index contributed by atoms with van der Waals surface area (Å²) < 4.78 is 12.3. The molecular weight excluding hydrogens is 277 g/mol. The molecule has 1 aliphatic heterocycles. The predicted octanol–water partition coefficient (Wildman–Crippen LogP) is 0.864. The first-order chi connectivity index (χ1) is 9.47. The quantitative estimate of drug-likeness (QED) is 0.431. The van der Waals surface area contributed by atoms with Crippen LogP contribution in [0, 0.1) is 11.3 Å². The van der Waals surface area contributed by atoms with Crippen molar-refractivity contribution in [2.45, 2.75) is 18.1 Å². The third-order valence-electron chi connectivity index (χ3n) is 3.20. The van der Waals surface area contributed by atoms with Gasteiger partial charge in [0, 0.05) is 13.0 Å². The minimum Gasteiger partial charge on any atom is -0.275 e. The summed E-state index contributed by atoms with van der Waals surface area (Å²) in [7, 11) is -2.21. The second kappa shape index (κ2) is 5.55. The van der Waals surface area contributed by atoms with Crippen LogP contribution in [0.15, 0.2) is 24.3 Å². The number of rotatable bonds is 3. The van der Waals surface area contributed by atoms with Crippen LogP contribution < -0.4 is 16.7 Å². The SMILES string of the molecule is N#Cc1ccc(N[P+](=O)[C@@]2(N)CCCN(N)C2=O)cc1. The van der Waals surface area contributed by atoms with Crippen molar-refractivity contribution in [3.8, 4) is 6.07 Å². The maximum absolute atomic E-state index is 12.3. The molecule has 20 heavy (non-hydrogen) atoms. The molecule has 1 heterocycles. The van der Waals surface area contributed by atoms with E-state index >= 15 is 0 Å². The molecule has 0 saturated carbocycles. The van der Waals surface area contributed by atoms with Gasteiger partial charge in [-0.25, -0.2) is 5.84 Å². The number of nitrogens with zero attached hydrogens (tertiary/aromatic N) is 2. The minimum absolute atomic E-state index is 0.317. The van der Waals surface area contributed by atoms with Crippen LogP contribution in [0.3, 0.4) is 0 Å². The van der Waals surface area contributed by atoms with Crippen LogP contribution >= 0.6 is 7.95 Å². The molecule has 8 heteroatoms. The molecular formula is C12H15N5O2P+. The van der Waals surface area contributed by atoms with Crippen molar-refractivity contribution in [2.75, 3.05) is 11.6 Å². The number of carbonyl (C=O) groups excluding carboxylic acids is 1. The van der Waals surface area contributed by atoms with Gasteiger partial charge < -0.3 is 0 Å². The zero-order chi connectivity index (χ0) is 14.8. The summed E-state index contributed by atoms with van der Waals surface area (Å²) in [5, 5.41) is 11.0. The van der Waals surface area contributed by atoms with Crippen molar-refractivity contribution in [3.63, 3.8) is 0 Å². The summed E-state index contributed by atoms with van der Waals surface area (Å²) in [6, 6.07) is 8.40. The Morgan fingerprint density at radius 2 is 2.05 bits per heavy atom. The van der Waals surface area contributed by atoms with Crippen LogP contribution in [0.1, 0.15) is 18.4 Å². The average molecular weight is 292 g/mol. The topological polar surface area (TPSA) is 125 Å². The molecule has 7 nitrogen and oxygen atoms in total. The van der Waals surface area contributed by atoms with E-state index in [1.165, 1.54) is 0 Å². The van der Waals surface area contributed by atoms with Crippen molar-refractivity contribution < 1.29 is 9.36 Å². The number of hydrogen-bond acceptors (Lipinski definition) is 5. The number of benzene rings is 1. The van der Waals surface area contributed by atoms with Gasteiger partial charge in [-0.15, -0.1) is 0 Å². The molecule has 2 atom stereocenters. The highest BCUT2D eigenvalue weighted by molar-refractivity contribution is 7.49. The smallest absolute Gasteiger partial charge is 0.275 e. The van der Waals surface area contributed by atoms with E-state index in [9.17, 15) is 9.36 Å². The van der Waals surface area contributed by atoms with Gasteiger partial charge in [0.2, 0.25) is 0 Å². The monoisotopic (exact) mass is 292 g/mol. The highest BCUT2D eigenvalue weighted by Gasteiger charge is 2.56.